The van der Waals surface area contributed by atoms with Crippen LogP contribution in [0.5, 0.6) is 17.2 Å². The number of amides is 1. The summed E-state index contributed by atoms with van der Waals surface area (Å²) in [5, 5.41) is 0. The Labute approximate surface area is 148 Å². The number of benzene rings is 2. The Balaban J connectivity index is 1.72. The minimum Gasteiger partial charge on any atom is -0.493 e. The minimum absolute atomic E-state index is 0.0611. The Bertz CT molecular complexity index is 731. The first-order valence-electron chi connectivity index (χ1n) is 8.62. The van der Waals surface area contributed by atoms with Gasteiger partial charge in [0, 0.05) is 6.54 Å². The van der Waals surface area contributed by atoms with Crippen LogP contribution in [0.15, 0.2) is 48.5 Å². The van der Waals surface area contributed by atoms with Gasteiger partial charge in [0.15, 0.2) is 17.6 Å². The molecule has 5 heteroatoms. The van der Waals surface area contributed by atoms with Crippen molar-refractivity contribution in [1.82, 2.24) is 4.90 Å². The molecule has 0 saturated carbocycles. The molecule has 1 aliphatic heterocycles. The summed E-state index contributed by atoms with van der Waals surface area (Å²) in [6.45, 7) is 5.86. The van der Waals surface area contributed by atoms with E-state index >= 15 is 0 Å². The van der Waals surface area contributed by atoms with E-state index in [0.717, 1.165) is 11.5 Å². The minimum atomic E-state index is -0.196. The van der Waals surface area contributed by atoms with Crippen molar-refractivity contribution in [2.75, 3.05) is 26.3 Å². The number of ether oxygens (including phenoxy) is 3. The van der Waals surface area contributed by atoms with Gasteiger partial charge in [0.1, 0.15) is 12.4 Å². The molecule has 0 aliphatic carbocycles. The number of fused-ring (bicyclic) bond motifs is 1. The maximum atomic E-state index is 12.9. The van der Waals surface area contributed by atoms with Crippen LogP contribution >= 0.6 is 0 Å². The second kappa shape index (κ2) is 7.92. The van der Waals surface area contributed by atoms with E-state index in [2.05, 4.69) is 0 Å². The lowest BCUT2D eigenvalue weighted by Gasteiger charge is -2.31. The van der Waals surface area contributed by atoms with Gasteiger partial charge in [-0.1, -0.05) is 24.3 Å². The third kappa shape index (κ3) is 3.87. The molecule has 2 aromatic carbocycles. The molecular formula is C20H23NO4. The van der Waals surface area contributed by atoms with Crippen LogP contribution in [0, 0.1) is 0 Å². The topological polar surface area (TPSA) is 48.0 Å². The highest BCUT2D eigenvalue weighted by atomic mass is 16.6. The number of nitrogens with zero attached hydrogens (tertiary/aromatic N) is 1. The molecule has 2 aromatic rings. The molecule has 0 bridgehead atoms. The van der Waals surface area contributed by atoms with Gasteiger partial charge in [-0.05, 0) is 38.1 Å². The quantitative estimate of drug-likeness (QED) is 0.808. The van der Waals surface area contributed by atoms with Crippen molar-refractivity contribution in [3.8, 4) is 17.2 Å². The zero-order valence-electron chi connectivity index (χ0n) is 14.6. The fraction of sp³-hybridized carbons (Fsp3) is 0.350. The van der Waals surface area contributed by atoms with Crippen molar-refractivity contribution in [3.63, 3.8) is 0 Å². The average Bonchev–Trinajstić information content (AvgIpc) is 2.66. The lowest BCUT2D eigenvalue weighted by molar-refractivity contribution is 0.0472. The van der Waals surface area contributed by atoms with Gasteiger partial charge < -0.3 is 19.1 Å². The number of carbonyl (C=O) groups excluding carboxylic acids is 1. The largest absolute Gasteiger partial charge is 0.493 e. The summed E-state index contributed by atoms with van der Waals surface area (Å²) in [7, 11) is 0. The van der Waals surface area contributed by atoms with Crippen molar-refractivity contribution >= 4 is 5.91 Å². The number of carbonyl (C=O) groups is 1. The Morgan fingerprint density at radius 2 is 1.84 bits per heavy atom. The number of hydrogen-bond donors (Lipinski definition) is 0. The van der Waals surface area contributed by atoms with Crippen LogP contribution in [-0.4, -0.2) is 43.2 Å². The summed E-state index contributed by atoms with van der Waals surface area (Å²) in [4.78, 5) is 14.7. The lowest BCUT2D eigenvalue weighted by Crippen LogP contribution is -2.43. The Morgan fingerprint density at radius 1 is 1.12 bits per heavy atom. The van der Waals surface area contributed by atoms with Gasteiger partial charge >= 0.3 is 0 Å². The molecule has 1 heterocycles. The molecule has 0 fully saturated rings. The Morgan fingerprint density at radius 3 is 2.60 bits per heavy atom. The monoisotopic (exact) mass is 341 g/mol. The zero-order chi connectivity index (χ0) is 17.6. The van der Waals surface area contributed by atoms with Gasteiger partial charge in [0.05, 0.1) is 18.7 Å². The average molecular weight is 341 g/mol. The molecule has 3 rings (SSSR count). The summed E-state index contributed by atoms with van der Waals surface area (Å²) >= 11 is 0. The third-order valence-corrected chi connectivity index (χ3v) is 4.08. The van der Waals surface area contributed by atoms with E-state index < -0.39 is 0 Å². The van der Waals surface area contributed by atoms with E-state index in [1.807, 2.05) is 56.3 Å². The Kier molecular flexibility index (Phi) is 5.43. The van der Waals surface area contributed by atoms with Crippen LogP contribution in [0.4, 0.5) is 0 Å². The fourth-order valence-corrected chi connectivity index (χ4v) is 2.85. The first-order chi connectivity index (χ1) is 12.2. The molecule has 0 aromatic heterocycles. The van der Waals surface area contributed by atoms with Gasteiger partial charge in [0.2, 0.25) is 0 Å². The van der Waals surface area contributed by atoms with Crippen LogP contribution in [-0.2, 0) is 0 Å². The number of likely N-dealkylation sites (N-methyl/N-ethyl adjacent to an activating group) is 1. The molecule has 5 nitrogen and oxygen atoms in total. The van der Waals surface area contributed by atoms with E-state index in [-0.39, 0.29) is 12.0 Å². The number of para-hydroxylation sites is 3. The van der Waals surface area contributed by atoms with Crippen LogP contribution in [0.2, 0.25) is 0 Å². The molecule has 1 aliphatic rings. The highest BCUT2D eigenvalue weighted by molar-refractivity contribution is 5.97. The van der Waals surface area contributed by atoms with E-state index in [1.165, 1.54) is 0 Å². The predicted octanol–water partition coefficient (Wildman–Crippen LogP) is 3.39. The summed E-state index contributed by atoms with van der Waals surface area (Å²) in [5.41, 5.74) is 0.573. The van der Waals surface area contributed by atoms with E-state index in [9.17, 15) is 4.79 Å². The van der Waals surface area contributed by atoms with Gasteiger partial charge in [0.25, 0.3) is 5.91 Å². The summed E-state index contributed by atoms with van der Waals surface area (Å²) in [6, 6.07) is 14.9. The smallest absolute Gasteiger partial charge is 0.257 e. The fourth-order valence-electron chi connectivity index (χ4n) is 2.85. The van der Waals surface area contributed by atoms with E-state index in [1.54, 1.807) is 11.0 Å². The van der Waals surface area contributed by atoms with Gasteiger partial charge in [-0.15, -0.1) is 0 Å². The molecular weight excluding hydrogens is 318 g/mol. The van der Waals surface area contributed by atoms with Crippen LogP contribution in [0.25, 0.3) is 0 Å². The predicted molar refractivity (Wildman–Crippen MR) is 95.5 cm³/mol. The number of hydrogen-bond acceptors (Lipinski definition) is 4. The summed E-state index contributed by atoms with van der Waals surface area (Å²) < 4.78 is 17.3. The van der Waals surface area contributed by atoms with Crippen molar-refractivity contribution in [2.24, 2.45) is 0 Å². The highest BCUT2D eigenvalue weighted by Gasteiger charge is 2.26. The van der Waals surface area contributed by atoms with Crippen LogP contribution < -0.4 is 14.2 Å². The molecule has 1 amide bonds. The van der Waals surface area contributed by atoms with Crippen molar-refractivity contribution in [1.29, 1.82) is 0 Å². The molecule has 25 heavy (non-hydrogen) atoms. The first-order valence-corrected chi connectivity index (χ1v) is 8.62. The Hall–Kier alpha value is -2.69. The second-order valence-corrected chi connectivity index (χ2v) is 5.77. The standard InChI is InChI=1S/C20H23NO4/c1-3-21(20(22)16-9-5-6-10-17(16)23-4-2)13-15-14-24-18-11-7-8-12-19(18)25-15/h5-12,15H,3-4,13-14H2,1-2H3. The zero-order valence-corrected chi connectivity index (χ0v) is 14.6. The summed E-state index contributed by atoms with van der Waals surface area (Å²) in [6.07, 6.45) is -0.196. The molecule has 132 valence electrons. The maximum absolute atomic E-state index is 12.9. The highest BCUT2D eigenvalue weighted by Crippen LogP contribution is 2.31. The first kappa shape index (κ1) is 17.1. The second-order valence-electron chi connectivity index (χ2n) is 5.77. The van der Waals surface area contributed by atoms with Gasteiger partial charge in [-0.3, -0.25) is 4.79 Å². The SMILES string of the molecule is CCOc1ccccc1C(=O)N(CC)CC1COc2ccccc2O1. The van der Waals surface area contributed by atoms with E-state index in [4.69, 9.17) is 14.2 Å². The van der Waals surface area contributed by atoms with Crippen molar-refractivity contribution < 1.29 is 19.0 Å². The van der Waals surface area contributed by atoms with Crippen molar-refractivity contribution in [2.45, 2.75) is 20.0 Å². The third-order valence-electron chi connectivity index (χ3n) is 4.08. The molecule has 1 atom stereocenters. The summed E-state index contributed by atoms with van der Waals surface area (Å²) in [5.74, 6) is 2.01. The molecule has 0 N–H and O–H groups in total. The number of rotatable bonds is 6. The van der Waals surface area contributed by atoms with E-state index in [0.29, 0.717) is 37.6 Å². The van der Waals surface area contributed by atoms with Crippen LogP contribution in [0.3, 0.4) is 0 Å². The van der Waals surface area contributed by atoms with Gasteiger partial charge in [-0.2, -0.15) is 0 Å². The normalized spacial score (nSPS) is 15.5. The van der Waals surface area contributed by atoms with Crippen molar-refractivity contribution in [3.05, 3.63) is 54.1 Å². The molecule has 0 saturated heterocycles. The van der Waals surface area contributed by atoms with Crippen LogP contribution in [0.1, 0.15) is 24.2 Å². The molecule has 1 unspecified atom stereocenters. The van der Waals surface area contributed by atoms with Gasteiger partial charge in [-0.25, -0.2) is 0 Å². The molecule has 0 radical (unpaired) electrons. The maximum Gasteiger partial charge on any atom is 0.257 e. The lowest BCUT2D eigenvalue weighted by atomic mass is 10.1. The molecule has 0 spiro atoms.